The molecule has 7 nitrogen and oxygen atoms in total. The topological polar surface area (TPSA) is 137 Å². The largest absolute Gasteiger partial charge is 0.370 e. The fourth-order valence-electron chi connectivity index (χ4n) is 3.36. The third kappa shape index (κ3) is 19.3. The minimum absolute atomic E-state index is 0.0204. The Balaban J connectivity index is 3.59. The quantitative estimate of drug-likeness (QED) is 0.138. The Morgan fingerprint density at radius 3 is 1.69 bits per heavy atom. The van der Waals surface area contributed by atoms with Crippen molar-refractivity contribution in [1.82, 2.24) is 5.32 Å². The van der Waals surface area contributed by atoms with Crippen molar-refractivity contribution in [3.05, 3.63) is 0 Å². The molecule has 0 saturated heterocycles. The first-order chi connectivity index (χ1) is 14.0. The number of rotatable bonds is 20. The maximum absolute atomic E-state index is 12.0. The predicted molar refractivity (Wildman–Crippen MR) is 121 cm³/mol. The molecule has 0 rings (SSSR count). The molecule has 7 N–H and O–H groups in total. The number of amides is 2. The first-order valence-electron chi connectivity index (χ1n) is 11.6. The summed E-state index contributed by atoms with van der Waals surface area (Å²) in [5.74, 6) is -0.612. The third-order valence-corrected chi connectivity index (χ3v) is 5.13. The van der Waals surface area contributed by atoms with Crippen LogP contribution in [0.1, 0.15) is 110 Å². The summed E-state index contributed by atoms with van der Waals surface area (Å²) in [5.41, 5.74) is 15.9. The highest BCUT2D eigenvalue weighted by Gasteiger charge is 2.17. The molecule has 0 aromatic heterocycles. The van der Waals surface area contributed by atoms with Crippen molar-refractivity contribution in [3.8, 4) is 0 Å². The summed E-state index contributed by atoms with van der Waals surface area (Å²) in [5, 5.41) is 2.72. The van der Waals surface area contributed by atoms with E-state index in [-0.39, 0.29) is 11.9 Å². The summed E-state index contributed by atoms with van der Waals surface area (Å²) in [7, 11) is 0. The van der Waals surface area contributed by atoms with Crippen LogP contribution in [-0.2, 0) is 9.59 Å². The number of unbranched alkanes of at least 4 members (excludes halogenated alkanes) is 12. The van der Waals surface area contributed by atoms with E-state index < -0.39 is 11.9 Å². The second-order valence-corrected chi connectivity index (χ2v) is 7.96. The Hall–Kier alpha value is -1.79. The minimum Gasteiger partial charge on any atom is -0.370 e. The lowest BCUT2D eigenvalue weighted by Crippen LogP contribution is -2.44. The van der Waals surface area contributed by atoms with Gasteiger partial charge in [-0.3, -0.25) is 14.6 Å². The third-order valence-electron chi connectivity index (χ3n) is 5.13. The van der Waals surface area contributed by atoms with Crippen molar-refractivity contribution >= 4 is 17.8 Å². The van der Waals surface area contributed by atoms with Crippen LogP contribution in [0, 0.1) is 0 Å². The molecule has 0 aliphatic heterocycles. The molecule has 0 fully saturated rings. The van der Waals surface area contributed by atoms with Gasteiger partial charge >= 0.3 is 0 Å². The molecule has 0 aromatic carbocycles. The summed E-state index contributed by atoms with van der Waals surface area (Å²) < 4.78 is 0. The molecule has 0 heterocycles. The van der Waals surface area contributed by atoms with E-state index in [1.165, 1.54) is 70.6 Å². The Kier molecular flexibility index (Phi) is 18.3. The lowest BCUT2D eigenvalue weighted by atomic mass is 10.0. The average Bonchev–Trinajstić information content (AvgIpc) is 2.67. The molecule has 1 atom stereocenters. The van der Waals surface area contributed by atoms with E-state index >= 15 is 0 Å². The lowest BCUT2D eigenvalue weighted by Gasteiger charge is -2.15. The van der Waals surface area contributed by atoms with Crippen molar-refractivity contribution < 1.29 is 9.59 Å². The van der Waals surface area contributed by atoms with Crippen molar-refractivity contribution in [2.24, 2.45) is 22.2 Å². The molecule has 2 amide bonds. The van der Waals surface area contributed by atoms with Gasteiger partial charge in [0, 0.05) is 13.0 Å². The summed E-state index contributed by atoms with van der Waals surface area (Å²) in [6.45, 7) is 2.67. The number of carbonyl (C=O) groups excluding carboxylic acids is 2. The maximum atomic E-state index is 12.0. The Morgan fingerprint density at radius 1 is 0.759 bits per heavy atom. The first-order valence-corrected chi connectivity index (χ1v) is 11.6. The van der Waals surface area contributed by atoms with Crippen molar-refractivity contribution in [2.75, 3.05) is 6.54 Å². The first kappa shape index (κ1) is 27.2. The summed E-state index contributed by atoms with van der Waals surface area (Å²) in [4.78, 5) is 27.3. The maximum Gasteiger partial charge on any atom is 0.240 e. The number of hydrogen-bond donors (Lipinski definition) is 4. The van der Waals surface area contributed by atoms with Crippen molar-refractivity contribution in [3.63, 3.8) is 0 Å². The van der Waals surface area contributed by atoms with Gasteiger partial charge in [-0.05, 0) is 19.3 Å². The Morgan fingerprint density at radius 2 is 1.24 bits per heavy atom. The Bertz CT molecular complexity index is 450. The highest BCUT2D eigenvalue weighted by molar-refractivity contribution is 5.86. The van der Waals surface area contributed by atoms with Crippen LogP contribution in [-0.4, -0.2) is 30.4 Å². The summed E-state index contributed by atoms with van der Waals surface area (Å²) in [6.07, 6.45) is 18.0. The highest BCUT2D eigenvalue weighted by Crippen LogP contribution is 2.13. The molecule has 0 spiro atoms. The van der Waals surface area contributed by atoms with Gasteiger partial charge in [0.25, 0.3) is 0 Å². The molecular formula is C22H45N5O2. The molecule has 0 aliphatic carbocycles. The van der Waals surface area contributed by atoms with Gasteiger partial charge in [0.05, 0.1) is 0 Å². The van der Waals surface area contributed by atoms with E-state index in [1.807, 2.05) is 0 Å². The van der Waals surface area contributed by atoms with Crippen LogP contribution < -0.4 is 22.5 Å². The van der Waals surface area contributed by atoms with Gasteiger partial charge in [-0.1, -0.05) is 84.0 Å². The standard InChI is InChI=1S/C22H45N5O2/c1-2-3-4-5-6-7-8-9-10-11-12-13-14-17-20(28)27-19(21(23)29)16-15-18-26-22(24)25/h19H,2-18H2,1H3,(H2,23,29)(H,27,28)(H4,24,25,26). The molecule has 0 aromatic rings. The number of nitrogens with one attached hydrogen (secondary N) is 1. The van der Waals surface area contributed by atoms with Gasteiger partial charge in [-0.25, -0.2) is 0 Å². The number of hydrogen-bond acceptors (Lipinski definition) is 3. The number of nitrogens with zero attached hydrogens (tertiary/aromatic N) is 1. The normalized spacial score (nSPS) is 11.8. The molecule has 0 radical (unpaired) electrons. The van der Waals surface area contributed by atoms with E-state index in [0.29, 0.717) is 25.8 Å². The molecular weight excluding hydrogens is 366 g/mol. The van der Waals surface area contributed by atoms with E-state index in [4.69, 9.17) is 17.2 Å². The number of carbonyl (C=O) groups is 2. The minimum atomic E-state index is -0.654. The van der Waals surface area contributed by atoms with Gasteiger partial charge in [-0.15, -0.1) is 0 Å². The fourth-order valence-corrected chi connectivity index (χ4v) is 3.36. The van der Waals surface area contributed by atoms with Crippen molar-refractivity contribution in [2.45, 2.75) is 116 Å². The van der Waals surface area contributed by atoms with Gasteiger partial charge in [-0.2, -0.15) is 0 Å². The van der Waals surface area contributed by atoms with Crippen LogP contribution in [0.5, 0.6) is 0 Å². The van der Waals surface area contributed by atoms with Gasteiger partial charge in [0.1, 0.15) is 6.04 Å². The van der Waals surface area contributed by atoms with Crippen LogP contribution in [0.15, 0.2) is 4.99 Å². The van der Waals surface area contributed by atoms with Gasteiger partial charge in [0.15, 0.2) is 5.96 Å². The van der Waals surface area contributed by atoms with E-state index in [2.05, 4.69) is 17.2 Å². The highest BCUT2D eigenvalue weighted by atomic mass is 16.2. The molecule has 29 heavy (non-hydrogen) atoms. The molecule has 170 valence electrons. The summed E-state index contributed by atoms with van der Waals surface area (Å²) >= 11 is 0. The van der Waals surface area contributed by atoms with Gasteiger partial charge < -0.3 is 22.5 Å². The van der Waals surface area contributed by atoms with Crippen LogP contribution in [0.2, 0.25) is 0 Å². The van der Waals surface area contributed by atoms with Crippen LogP contribution in [0.4, 0.5) is 0 Å². The summed E-state index contributed by atoms with van der Waals surface area (Å²) in [6, 6.07) is -0.654. The molecule has 0 saturated carbocycles. The van der Waals surface area contributed by atoms with Crippen LogP contribution >= 0.6 is 0 Å². The number of aliphatic imine (C=N–C) groups is 1. The van der Waals surface area contributed by atoms with Crippen LogP contribution in [0.25, 0.3) is 0 Å². The number of nitrogens with two attached hydrogens (primary N) is 3. The monoisotopic (exact) mass is 411 g/mol. The zero-order valence-electron chi connectivity index (χ0n) is 18.6. The predicted octanol–water partition coefficient (Wildman–Crippen LogP) is 3.49. The van der Waals surface area contributed by atoms with E-state index in [9.17, 15) is 9.59 Å². The molecule has 7 heteroatoms. The van der Waals surface area contributed by atoms with E-state index in [0.717, 1.165) is 12.8 Å². The van der Waals surface area contributed by atoms with Gasteiger partial charge in [0.2, 0.25) is 11.8 Å². The molecule has 1 unspecified atom stereocenters. The average molecular weight is 412 g/mol. The van der Waals surface area contributed by atoms with Crippen LogP contribution in [0.3, 0.4) is 0 Å². The lowest BCUT2D eigenvalue weighted by molar-refractivity contribution is -0.127. The zero-order chi connectivity index (χ0) is 21.7. The van der Waals surface area contributed by atoms with Crippen molar-refractivity contribution in [1.29, 1.82) is 0 Å². The number of guanidine groups is 1. The molecule has 0 bridgehead atoms. The SMILES string of the molecule is CCCCCCCCCCCCCCCC(=O)NC(CCCN=C(N)N)C(N)=O. The zero-order valence-corrected chi connectivity index (χ0v) is 18.6. The number of primary amides is 1. The second kappa shape index (κ2) is 19.5. The fraction of sp³-hybridized carbons (Fsp3) is 0.864. The van der Waals surface area contributed by atoms with E-state index in [1.54, 1.807) is 0 Å². The Labute approximate surface area is 177 Å². The molecule has 0 aliphatic rings. The smallest absolute Gasteiger partial charge is 0.240 e. The second-order valence-electron chi connectivity index (χ2n) is 7.96.